The van der Waals surface area contributed by atoms with Crippen LogP contribution >= 0.6 is 0 Å². The second kappa shape index (κ2) is 9.96. The number of benzene rings is 1. The van der Waals surface area contributed by atoms with Gasteiger partial charge in [-0.1, -0.05) is 29.4 Å². The van der Waals surface area contributed by atoms with E-state index in [2.05, 4.69) is 46.3 Å². The number of likely N-dealkylation sites (tertiary alicyclic amines) is 1. The first-order valence-electron chi connectivity index (χ1n) is 11.7. The number of aromatic nitrogens is 1. The third-order valence-electron chi connectivity index (χ3n) is 7.03. The van der Waals surface area contributed by atoms with Crippen molar-refractivity contribution in [2.45, 2.75) is 46.1 Å². The summed E-state index contributed by atoms with van der Waals surface area (Å²) in [7, 11) is 2.20. The van der Waals surface area contributed by atoms with Crippen molar-refractivity contribution < 1.29 is 9.32 Å². The lowest BCUT2D eigenvalue weighted by Gasteiger charge is -2.32. The molecule has 0 bridgehead atoms. The van der Waals surface area contributed by atoms with E-state index in [-0.39, 0.29) is 5.91 Å². The summed E-state index contributed by atoms with van der Waals surface area (Å²) in [5.74, 6) is 1.62. The summed E-state index contributed by atoms with van der Waals surface area (Å²) < 4.78 is 5.20. The SMILES string of the molecule is Cc1noc(C)c1CC(=O)N1CCC(Cc2ccc(CN3CCN(C)CC3)cc2)CC1. The smallest absolute Gasteiger partial charge is 0.227 e. The first-order chi connectivity index (χ1) is 15.0. The maximum Gasteiger partial charge on any atom is 0.227 e. The minimum absolute atomic E-state index is 0.195. The van der Waals surface area contributed by atoms with Crippen LogP contribution in [0.3, 0.4) is 0 Å². The number of rotatable bonds is 6. The Balaban J connectivity index is 1.22. The maximum atomic E-state index is 12.7. The predicted molar refractivity (Wildman–Crippen MR) is 122 cm³/mol. The van der Waals surface area contributed by atoms with Crippen molar-refractivity contribution in [3.63, 3.8) is 0 Å². The lowest BCUT2D eigenvalue weighted by atomic mass is 9.89. The van der Waals surface area contributed by atoms with Gasteiger partial charge < -0.3 is 14.3 Å². The molecule has 0 N–H and O–H groups in total. The molecule has 2 saturated heterocycles. The number of hydrogen-bond acceptors (Lipinski definition) is 5. The summed E-state index contributed by atoms with van der Waals surface area (Å²) in [5.41, 5.74) is 4.61. The molecule has 0 saturated carbocycles. The number of piperazine rings is 1. The molecule has 0 aliphatic carbocycles. The van der Waals surface area contributed by atoms with Gasteiger partial charge in [0.15, 0.2) is 0 Å². The number of piperidine rings is 1. The van der Waals surface area contributed by atoms with Crippen molar-refractivity contribution in [2.24, 2.45) is 5.92 Å². The Bertz CT molecular complexity index is 841. The molecule has 0 spiro atoms. The molecular weight excluding hydrogens is 388 g/mol. The third-order valence-corrected chi connectivity index (χ3v) is 7.03. The molecule has 31 heavy (non-hydrogen) atoms. The van der Waals surface area contributed by atoms with E-state index in [9.17, 15) is 4.79 Å². The van der Waals surface area contributed by atoms with Gasteiger partial charge >= 0.3 is 0 Å². The fourth-order valence-corrected chi connectivity index (χ4v) is 4.78. The molecule has 0 radical (unpaired) electrons. The summed E-state index contributed by atoms with van der Waals surface area (Å²) in [6, 6.07) is 9.21. The highest BCUT2D eigenvalue weighted by Gasteiger charge is 2.24. The van der Waals surface area contributed by atoms with Crippen molar-refractivity contribution in [1.29, 1.82) is 0 Å². The Hall–Kier alpha value is -2.18. The highest BCUT2D eigenvalue weighted by atomic mass is 16.5. The number of carbonyl (C=O) groups is 1. The summed E-state index contributed by atoms with van der Waals surface area (Å²) in [4.78, 5) is 19.7. The summed E-state index contributed by atoms with van der Waals surface area (Å²) >= 11 is 0. The van der Waals surface area contributed by atoms with Crippen LogP contribution in [-0.4, -0.2) is 72.1 Å². The average Bonchev–Trinajstić information content (AvgIpc) is 3.09. The van der Waals surface area contributed by atoms with Gasteiger partial charge in [-0.3, -0.25) is 9.69 Å². The van der Waals surface area contributed by atoms with E-state index in [1.54, 1.807) is 0 Å². The molecule has 6 nitrogen and oxygen atoms in total. The second-order valence-corrected chi connectivity index (χ2v) is 9.40. The minimum atomic E-state index is 0.195. The molecule has 0 unspecified atom stereocenters. The Morgan fingerprint density at radius 3 is 2.26 bits per heavy atom. The van der Waals surface area contributed by atoms with Gasteiger partial charge in [0, 0.05) is 51.4 Å². The highest BCUT2D eigenvalue weighted by Crippen LogP contribution is 2.23. The predicted octanol–water partition coefficient (Wildman–Crippen LogP) is 3.06. The molecular formula is C25H36N4O2. The Labute approximate surface area is 186 Å². The molecule has 4 rings (SSSR count). The van der Waals surface area contributed by atoms with Crippen LogP contribution in [0.25, 0.3) is 0 Å². The number of amides is 1. The Morgan fingerprint density at radius 2 is 1.65 bits per heavy atom. The van der Waals surface area contributed by atoms with Crippen molar-refractivity contribution in [3.05, 3.63) is 52.4 Å². The topological polar surface area (TPSA) is 52.8 Å². The van der Waals surface area contributed by atoms with Gasteiger partial charge in [0.1, 0.15) is 5.76 Å². The number of carbonyl (C=O) groups excluding carboxylic acids is 1. The van der Waals surface area contributed by atoms with Crippen molar-refractivity contribution in [1.82, 2.24) is 19.9 Å². The van der Waals surface area contributed by atoms with Gasteiger partial charge in [-0.25, -0.2) is 0 Å². The van der Waals surface area contributed by atoms with Gasteiger partial charge in [0.05, 0.1) is 12.1 Å². The second-order valence-electron chi connectivity index (χ2n) is 9.40. The van der Waals surface area contributed by atoms with Crippen LogP contribution in [-0.2, 0) is 24.2 Å². The Morgan fingerprint density at radius 1 is 1.00 bits per heavy atom. The van der Waals surface area contributed by atoms with Crippen LogP contribution in [0, 0.1) is 19.8 Å². The van der Waals surface area contributed by atoms with Gasteiger partial charge in [-0.15, -0.1) is 0 Å². The molecule has 2 aliphatic heterocycles. The standard InChI is InChI=1S/C25H36N4O2/c1-19-24(20(2)31-26-19)17-25(30)29-10-8-22(9-11-29)16-21-4-6-23(7-5-21)18-28-14-12-27(3)13-15-28/h4-7,22H,8-18H2,1-3H3. The molecule has 6 heteroatoms. The summed E-state index contributed by atoms with van der Waals surface area (Å²) in [6.07, 6.45) is 3.67. The summed E-state index contributed by atoms with van der Waals surface area (Å²) in [6.45, 7) is 11.2. The monoisotopic (exact) mass is 424 g/mol. The Kier molecular flexibility index (Phi) is 7.08. The number of aryl methyl sites for hydroxylation is 2. The van der Waals surface area contributed by atoms with E-state index < -0.39 is 0 Å². The van der Waals surface area contributed by atoms with Crippen LogP contribution in [0.1, 0.15) is 41.0 Å². The third kappa shape index (κ3) is 5.74. The molecule has 168 valence electrons. The molecule has 0 atom stereocenters. The number of hydrogen-bond donors (Lipinski definition) is 0. The zero-order valence-corrected chi connectivity index (χ0v) is 19.3. The maximum absolute atomic E-state index is 12.7. The zero-order valence-electron chi connectivity index (χ0n) is 19.3. The molecule has 1 amide bonds. The lowest BCUT2D eigenvalue weighted by Crippen LogP contribution is -2.43. The average molecular weight is 425 g/mol. The summed E-state index contributed by atoms with van der Waals surface area (Å²) in [5, 5.41) is 3.96. The van der Waals surface area contributed by atoms with Crippen LogP contribution in [0.5, 0.6) is 0 Å². The van der Waals surface area contributed by atoms with E-state index in [1.807, 2.05) is 18.7 Å². The van der Waals surface area contributed by atoms with E-state index in [1.165, 1.54) is 11.1 Å². The quantitative estimate of drug-likeness (QED) is 0.713. The minimum Gasteiger partial charge on any atom is -0.361 e. The van der Waals surface area contributed by atoms with Gasteiger partial charge in [-0.2, -0.15) is 0 Å². The van der Waals surface area contributed by atoms with E-state index in [4.69, 9.17) is 4.52 Å². The number of nitrogens with zero attached hydrogens (tertiary/aromatic N) is 4. The van der Waals surface area contributed by atoms with Gasteiger partial charge in [-0.05, 0) is 57.2 Å². The lowest BCUT2D eigenvalue weighted by molar-refractivity contribution is -0.131. The molecule has 2 fully saturated rings. The molecule has 2 aliphatic rings. The number of likely N-dealkylation sites (N-methyl/N-ethyl adjacent to an activating group) is 1. The highest BCUT2D eigenvalue weighted by molar-refractivity contribution is 5.79. The first-order valence-corrected chi connectivity index (χ1v) is 11.7. The first kappa shape index (κ1) is 22.0. The van der Waals surface area contributed by atoms with E-state index in [0.29, 0.717) is 12.3 Å². The fourth-order valence-electron chi connectivity index (χ4n) is 4.78. The van der Waals surface area contributed by atoms with Crippen LogP contribution in [0.15, 0.2) is 28.8 Å². The van der Waals surface area contributed by atoms with Crippen LogP contribution in [0.2, 0.25) is 0 Å². The fraction of sp³-hybridized carbons (Fsp3) is 0.600. The van der Waals surface area contributed by atoms with Gasteiger partial charge in [0.2, 0.25) is 5.91 Å². The zero-order chi connectivity index (χ0) is 21.8. The molecule has 3 heterocycles. The van der Waals surface area contributed by atoms with E-state index in [0.717, 1.165) is 82.1 Å². The molecule has 2 aromatic rings. The largest absolute Gasteiger partial charge is 0.361 e. The molecule has 1 aromatic carbocycles. The van der Waals surface area contributed by atoms with Gasteiger partial charge in [0.25, 0.3) is 0 Å². The van der Waals surface area contributed by atoms with Crippen LogP contribution in [0.4, 0.5) is 0 Å². The van der Waals surface area contributed by atoms with Crippen molar-refractivity contribution in [3.8, 4) is 0 Å². The van der Waals surface area contributed by atoms with Crippen molar-refractivity contribution >= 4 is 5.91 Å². The van der Waals surface area contributed by atoms with E-state index >= 15 is 0 Å². The molecule has 1 aromatic heterocycles. The van der Waals surface area contributed by atoms with Crippen LogP contribution < -0.4 is 0 Å². The van der Waals surface area contributed by atoms with Crippen molar-refractivity contribution in [2.75, 3.05) is 46.3 Å². The normalized spacial score (nSPS) is 19.1.